The van der Waals surface area contributed by atoms with Gasteiger partial charge in [-0.2, -0.15) is 0 Å². The molecule has 0 aromatic heterocycles. The summed E-state index contributed by atoms with van der Waals surface area (Å²) in [5.74, 6) is -4.78. The van der Waals surface area contributed by atoms with Crippen LogP contribution in [0, 0.1) is 5.41 Å². The number of carbonyl (C=O) groups excluding carboxylic acids is 2. The van der Waals surface area contributed by atoms with E-state index >= 15 is 0 Å². The van der Waals surface area contributed by atoms with E-state index in [1.165, 1.54) is 0 Å². The number of esters is 2. The van der Waals surface area contributed by atoms with E-state index in [0.717, 1.165) is 11.1 Å². The Bertz CT molecular complexity index is 994. The van der Waals surface area contributed by atoms with Gasteiger partial charge in [0.2, 0.25) is 0 Å². The smallest absolute Gasteiger partial charge is 0.328 e. The fourth-order valence-corrected chi connectivity index (χ4v) is 5.70. The number of hydrogen-bond donors (Lipinski definition) is 0. The second-order valence-electron chi connectivity index (χ2n) is 9.27. The number of ether oxygens (including phenoxy) is 4. The van der Waals surface area contributed by atoms with Gasteiger partial charge >= 0.3 is 11.9 Å². The average molecular weight is 491 g/mol. The summed E-state index contributed by atoms with van der Waals surface area (Å²) in [5, 5.41) is 1.10. The predicted octanol–water partition coefficient (Wildman–Crippen LogP) is 5.22. The molecule has 174 valence electrons. The minimum absolute atomic E-state index is 0.295. The van der Waals surface area contributed by atoms with E-state index in [9.17, 15) is 9.59 Å². The third kappa shape index (κ3) is 3.73. The lowest BCUT2D eigenvalue weighted by Crippen LogP contribution is -2.63. The van der Waals surface area contributed by atoms with Gasteiger partial charge in [-0.25, -0.2) is 0 Å². The van der Waals surface area contributed by atoms with Crippen molar-refractivity contribution in [3.63, 3.8) is 0 Å². The highest BCUT2D eigenvalue weighted by Gasteiger charge is 2.70. The normalized spacial score (nSPS) is 27.4. The molecule has 2 heterocycles. The molecule has 2 aromatic carbocycles. The van der Waals surface area contributed by atoms with Crippen LogP contribution in [0.1, 0.15) is 49.7 Å². The van der Waals surface area contributed by atoms with Crippen molar-refractivity contribution in [3.05, 3.63) is 69.7 Å². The Balaban J connectivity index is 1.73. The molecular formula is C25H24Cl2O6. The fourth-order valence-electron chi connectivity index (χ4n) is 5.44. The molecule has 5 rings (SSSR count). The summed E-state index contributed by atoms with van der Waals surface area (Å²) in [7, 11) is 0. The molecule has 8 heteroatoms. The molecule has 2 atom stereocenters. The highest BCUT2D eigenvalue weighted by Crippen LogP contribution is 2.62. The van der Waals surface area contributed by atoms with Gasteiger partial charge in [0, 0.05) is 48.6 Å². The van der Waals surface area contributed by atoms with Crippen LogP contribution in [-0.4, -0.2) is 36.7 Å². The highest BCUT2D eigenvalue weighted by molar-refractivity contribution is 6.30. The fraction of sp³-hybridized carbons (Fsp3) is 0.440. The third-order valence-electron chi connectivity index (χ3n) is 6.84. The monoisotopic (exact) mass is 490 g/mol. The summed E-state index contributed by atoms with van der Waals surface area (Å²) in [6.07, 6.45) is 0.590. The lowest BCUT2D eigenvalue weighted by Gasteiger charge is -2.53. The van der Waals surface area contributed by atoms with Gasteiger partial charge < -0.3 is 18.9 Å². The lowest BCUT2D eigenvalue weighted by molar-refractivity contribution is -0.268. The number of benzene rings is 2. The molecule has 2 saturated heterocycles. The molecule has 33 heavy (non-hydrogen) atoms. The highest BCUT2D eigenvalue weighted by atomic mass is 35.5. The lowest BCUT2D eigenvalue weighted by atomic mass is 9.54. The molecule has 2 aromatic rings. The molecule has 2 aliphatic heterocycles. The molecule has 3 aliphatic rings. The van der Waals surface area contributed by atoms with Crippen LogP contribution in [0.5, 0.6) is 0 Å². The van der Waals surface area contributed by atoms with Crippen molar-refractivity contribution < 1.29 is 28.5 Å². The quantitative estimate of drug-likeness (QED) is 0.424. The van der Waals surface area contributed by atoms with Gasteiger partial charge in [0.05, 0.1) is 13.2 Å². The van der Waals surface area contributed by atoms with Gasteiger partial charge in [0.25, 0.3) is 5.79 Å². The summed E-state index contributed by atoms with van der Waals surface area (Å²) in [5.41, 5.74) is -0.118. The van der Waals surface area contributed by atoms with Crippen LogP contribution in [0.15, 0.2) is 48.5 Å². The van der Waals surface area contributed by atoms with E-state index in [4.69, 9.17) is 42.1 Å². The first-order chi connectivity index (χ1) is 15.7. The molecule has 0 amide bonds. The predicted molar refractivity (Wildman–Crippen MR) is 121 cm³/mol. The Morgan fingerprint density at radius 1 is 0.727 bits per heavy atom. The first-order valence-corrected chi connectivity index (χ1v) is 11.7. The molecule has 1 saturated carbocycles. The molecule has 0 N–H and O–H groups in total. The van der Waals surface area contributed by atoms with Crippen LogP contribution in [0.3, 0.4) is 0 Å². The Labute approximate surface area is 202 Å². The number of halogens is 2. The molecule has 6 nitrogen and oxygen atoms in total. The minimum Gasteiger partial charge on any atom is -0.422 e. The molecule has 0 bridgehead atoms. The Morgan fingerprint density at radius 3 is 1.52 bits per heavy atom. The van der Waals surface area contributed by atoms with Crippen molar-refractivity contribution in [1.29, 1.82) is 0 Å². The van der Waals surface area contributed by atoms with E-state index in [1.807, 2.05) is 24.3 Å². The number of cyclic esters (lactones) is 2. The molecule has 2 spiro atoms. The van der Waals surface area contributed by atoms with Crippen LogP contribution < -0.4 is 0 Å². The van der Waals surface area contributed by atoms with Crippen molar-refractivity contribution in [1.82, 2.24) is 0 Å². The zero-order valence-electron chi connectivity index (χ0n) is 18.3. The van der Waals surface area contributed by atoms with E-state index in [2.05, 4.69) is 0 Å². The van der Waals surface area contributed by atoms with Crippen molar-refractivity contribution in [2.24, 2.45) is 5.41 Å². The van der Waals surface area contributed by atoms with Gasteiger partial charge in [-0.15, -0.1) is 0 Å². The van der Waals surface area contributed by atoms with Crippen molar-refractivity contribution in [2.75, 3.05) is 13.2 Å². The van der Waals surface area contributed by atoms with E-state index < -0.39 is 40.8 Å². The van der Waals surface area contributed by atoms with Crippen LogP contribution in [0.4, 0.5) is 0 Å². The second-order valence-corrected chi connectivity index (χ2v) is 10.1. The first kappa shape index (κ1) is 22.7. The molecule has 3 fully saturated rings. The summed E-state index contributed by atoms with van der Waals surface area (Å²) in [6.45, 7) is 3.99. The standard InChI is InChI=1S/C25H24Cl2O6/c1-23(2)32-21(28)25(22(29)33-23)19(15-3-7-17(26)8-4-15)13-24(30-11-12-31-24)14-20(25)16-5-9-18(27)10-6-16/h3-10,19-20H,11-14H2,1-2H3/t19-,20+. The van der Waals surface area contributed by atoms with Crippen molar-refractivity contribution in [2.45, 2.75) is 50.1 Å². The summed E-state index contributed by atoms with van der Waals surface area (Å²) in [6, 6.07) is 14.2. The summed E-state index contributed by atoms with van der Waals surface area (Å²) in [4.78, 5) is 27.7. The van der Waals surface area contributed by atoms with E-state index in [0.29, 0.717) is 36.1 Å². The van der Waals surface area contributed by atoms with Crippen LogP contribution in [-0.2, 0) is 28.5 Å². The number of hydrogen-bond acceptors (Lipinski definition) is 6. The Morgan fingerprint density at radius 2 is 1.12 bits per heavy atom. The maximum Gasteiger partial charge on any atom is 0.328 e. The largest absolute Gasteiger partial charge is 0.422 e. The molecular weight excluding hydrogens is 467 g/mol. The van der Waals surface area contributed by atoms with E-state index in [-0.39, 0.29) is 0 Å². The summed E-state index contributed by atoms with van der Waals surface area (Å²) < 4.78 is 23.6. The van der Waals surface area contributed by atoms with Gasteiger partial charge in [0.15, 0.2) is 11.2 Å². The minimum atomic E-state index is -1.63. The van der Waals surface area contributed by atoms with Gasteiger partial charge in [-0.05, 0) is 35.4 Å². The van der Waals surface area contributed by atoms with Crippen LogP contribution in [0.2, 0.25) is 10.0 Å². The second kappa shape index (κ2) is 7.98. The molecule has 0 unspecified atom stereocenters. The number of carbonyl (C=O) groups is 2. The third-order valence-corrected chi connectivity index (χ3v) is 7.34. The van der Waals surface area contributed by atoms with Gasteiger partial charge in [-0.3, -0.25) is 9.59 Å². The van der Waals surface area contributed by atoms with Crippen molar-refractivity contribution in [3.8, 4) is 0 Å². The topological polar surface area (TPSA) is 71.1 Å². The van der Waals surface area contributed by atoms with Crippen LogP contribution >= 0.6 is 23.2 Å². The maximum atomic E-state index is 13.8. The number of rotatable bonds is 2. The van der Waals surface area contributed by atoms with Gasteiger partial charge in [-0.1, -0.05) is 47.5 Å². The average Bonchev–Trinajstić information content (AvgIpc) is 3.20. The zero-order valence-corrected chi connectivity index (χ0v) is 19.8. The van der Waals surface area contributed by atoms with Crippen LogP contribution in [0.25, 0.3) is 0 Å². The maximum absolute atomic E-state index is 13.8. The van der Waals surface area contributed by atoms with E-state index in [1.54, 1.807) is 38.1 Å². The SMILES string of the molecule is CC1(C)OC(=O)C2(C(=O)O1)[C@@H](c1ccc(Cl)cc1)CC1(C[C@H]2c2ccc(Cl)cc2)OCCO1. The Hall–Kier alpha value is -2.12. The molecule has 1 aliphatic carbocycles. The first-order valence-electron chi connectivity index (χ1n) is 10.9. The summed E-state index contributed by atoms with van der Waals surface area (Å²) >= 11 is 12.3. The zero-order chi connectivity index (χ0) is 23.4. The van der Waals surface area contributed by atoms with Crippen molar-refractivity contribution >= 4 is 35.1 Å². The Kier molecular flexibility index (Phi) is 5.48. The molecule has 0 radical (unpaired) electrons. The van der Waals surface area contributed by atoms with Gasteiger partial charge in [0.1, 0.15) is 0 Å².